The molecule has 2 N–H and O–H groups in total. The third-order valence-electron chi connectivity index (χ3n) is 4.43. The third-order valence-corrected chi connectivity index (χ3v) is 5.17. The fraction of sp³-hybridized carbons (Fsp3) is 0.333. The number of aryl methyl sites for hydroxylation is 1. The minimum Gasteiger partial charge on any atom is -0.348 e. The van der Waals surface area contributed by atoms with Crippen LogP contribution in [-0.4, -0.2) is 17.9 Å². The first-order chi connectivity index (χ1) is 12.7. The van der Waals surface area contributed by atoms with Crippen LogP contribution in [0.3, 0.4) is 0 Å². The highest BCUT2D eigenvalue weighted by atomic mass is 35.5. The summed E-state index contributed by atoms with van der Waals surface area (Å²) in [7, 11) is 0. The maximum atomic E-state index is 12.8. The molecule has 2 rings (SSSR count). The summed E-state index contributed by atoms with van der Waals surface area (Å²) in [5.74, 6) is -0.575. The van der Waals surface area contributed by atoms with Gasteiger partial charge in [-0.3, -0.25) is 9.59 Å². The Morgan fingerprint density at radius 3 is 2.19 bits per heavy atom. The number of nitrogens with one attached hydrogen (secondary N) is 2. The second-order valence-electron chi connectivity index (χ2n) is 6.91. The van der Waals surface area contributed by atoms with Gasteiger partial charge in [0.15, 0.2) is 0 Å². The zero-order valence-electron chi connectivity index (χ0n) is 15.8. The quantitative estimate of drug-likeness (QED) is 0.713. The van der Waals surface area contributed by atoms with Crippen molar-refractivity contribution >= 4 is 35.0 Å². The maximum absolute atomic E-state index is 12.8. The molecule has 4 nitrogen and oxygen atoms in total. The molecular formula is C21H24Cl2N2O2. The summed E-state index contributed by atoms with van der Waals surface area (Å²) < 4.78 is 0. The molecule has 0 bridgehead atoms. The van der Waals surface area contributed by atoms with Gasteiger partial charge < -0.3 is 10.6 Å². The first kappa shape index (κ1) is 21.3. The van der Waals surface area contributed by atoms with Crippen LogP contribution in [0, 0.1) is 12.8 Å². The van der Waals surface area contributed by atoms with Gasteiger partial charge in [0.2, 0.25) is 5.91 Å². The molecule has 27 heavy (non-hydrogen) atoms. The van der Waals surface area contributed by atoms with Gasteiger partial charge in [0.05, 0.1) is 16.1 Å². The summed E-state index contributed by atoms with van der Waals surface area (Å²) in [6.45, 7) is 7.52. The standard InChI is InChI=1S/C21H24Cl2N2O2/c1-12(2)19(25-20(26)16-8-6-5-7-13(16)3)21(27)24-14(4)15-9-10-17(22)18(23)11-15/h5-12,14,19H,1-4H3,(H,24,27)(H,25,26). The molecule has 0 saturated carbocycles. The van der Waals surface area contributed by atoms with Gasteiger partial charge in [-0.2, -0.15) is 0 Å². The molecule has 0 saturated heterocycles. The normalized spacial score (nSPS) is 13.1. The van der Waals surface area contributed by atoms with E-state index in [9.17, 15) is 9.59 Å². The van der Waals surface area contributed by atoms with Crippen molar-refractivity contribution in [1.82, 2.24) is 10.6 Å². The predicted octanol–water partition coefficient (Wildman–Crippen LogP) is 4.93. The maximum Gasteiger partial charge on any atom is 0.252 e. The predicted molar refractivity (Wildman–Crippen MR) is 110 cm³/mol. The molecule has 2 atom stereocenters. The van der Waals surface area contributed by atoms with Gasteiger partial charge in [-0.05, 0) is 49.1 Å². The van der Waals surface area contributed by atoms with Crippen LogP contribution in [0.2, 0.25) is 10.0 Å². The van der Waals surface area contributed by atoms with Gasteiger partial charge in [0, 0.05) is 5.56 Å². The van der Waals surface area contributed by atoms with Crippen molar-refractivity contribution in [2.45, 2.75) is 39.8 Å². The SMILES string of the molecule is Cc1ccccc1C(=O)NC(C(=O)NC(C)c1ccc(Cl)c(Cl)c1)C(C)C. The number of amides is 2. The van der Waals surface area contributed by atoms with Gasteiger partial charge in [-0.1, -0.05) is 61.3 Å². The molecule has 6 heteroatoms. The van der Waals surface area contributed by atoms with E-state index in [-0.39, 0.29) is 23.8 Å². The number of benzene rings is 2. The molecule has 0 aliphatic heterocycles. The molecule has 2 amide bonds. The van der Waals surface area contributed by atoms with Crippen LogP contribution in [0.1, 0.15) is 48.3 Å². The summed E-state index contributed by atoms with van der Waals surface area (Å²) in [6, 6.07) is 11.6. The van der Waals surface area contributed by atoms with E-state index in [1.54, 1.807) is 24.3 Å². The largest absolute Gasteiger partial charge is 0.348 e. The lowest BCUT2D eigenvalue weighted by Crippen LogP contribution is -2.50. The molecule has 2 unspecified atom stereocenters. The van der Waals surface area contributed by atoms with Gasteiger partial charge in [-0.25, -0.2) is 0 Å². The highest BCUT2D eigenvalue weighted by molar-refractivity contribution is 6.42. The van der Waals surface area contributed by atoms with Crippen molar-refractivity contribution in [2.24, 2.45) is 5.92 Å². The third kappa shape index (κ3) is 5.47. The van der Waals surface area contributed by atoms with Crippen molar-refractivity contribution in [2.75, 3.05) is 0 Å². The number of hydrogen-bond acceptors (Lipinski definition) is 2. The van der Waals surface area contributed by atoms with Gasteiger partial charge in [0.1, 0.15) is 6.04 Å². The molecule has 0 aliphatic rings. The molecule has 2 aromatic rings. The van der Waals surface area contributed by atoms with Gasteiger partial charge in [0.25, 0.3) is 5.91 Å². The second-order valence-corrected chi connectivity index (χ2v) is 7.73. The van der Waals surface area contributed by atoms with E-state index in [2.05, 4.69) is 10.6 Å². The Kier molecular flexibility index (Phi) is 7.28. The van der Waals surface area contributed by atoms with Gasteiger partial charge in [-0.15, -0.1) is 0 Å². The fourth-order valence-corrected chi connectivity index (χ4v) is 3.06. The van der Waals surface area contributed by atoms with Crippen LogP contribution in [0.25, 0.3) is 0 Å². The summed E-state index contributed by atoms with van der Waals surface area (Å²) >= 11 is 12.0. The van der Waals surface area contributed by atoms with E-state index in [4.69, 9.17) is 23.2 Å². The Morgan fingerprint density at radius 1 is 0.926 bits per heavy atom. The summed E-state index contributed by atoms with van der Waals surface area (Å²) in [5, 5.41) is 6.69. The molecule has 0 spiro atoms. The molecule has 0 heterocycles. The monoisotopic (exact) mass is 406 g/mol. The molecule has 0 aromatic heterocycles. The van der Waals surface area contributed by atoms with Crippen molar-refractivity contribution in [3.05, 3.63) is 69.2 Å². The molecular weight excluding hydrogens is 383 g/mol. The zero-order valence-corrected chi connectivity index (χ0v) is 17.4. The number of carbonyl (C=O) groups is 2. The number of hydrogen-bond donors (Lipinski definition) is 2. The Labute approximate surface area is 170 Å². The molecule has 0 radical (unpaired) electrons. The van der Waals surface area contributed by atoms with Crippen LogP contribution in [0.5, 0.6) is 0 Å². The van der Waals surface area contributed by atoms with Crippen molar-refractivity contribution < 1.29 is 9.59 Å². The Hall–Kier alpha value is -2.04. The van der Waals surface area contributed by atoms with E-state index < -0.39 is 6.04 Å². The van der Waals surface area contributed by atoms with Crippen LogP contribution in [0.4, 0.5) is 0 Å². The topological polar surface area (TPSA) is 58.2 Å². The van der Waals surface area contributed by atoms with Crippen LogP contribution < -0.4 is 10.6 Å². The average molecular weight is 407 g/mol. The van der Waals surface area contributed by atoms with E-state index in [1.165, 1.54) is 0 Å². The van der Waals surface area contributed by atoms with Crippen molar-refractivity contribution in [1.29, 1.82) is 0 Å². The average Bonchev–Trinajstić information content (AvgIpc) is 2.61. The van der Waals surface area contributed by atoms with Crippen molar-refractivity contribution in [3.8, 4) is 0 Å². The number of halogens is 2. The van der Waals surface area contributed by atoms with Crippen LogP contribution >= 0.6 is 23.2 Å². The highest BCUT2D eigenvalue weighted by Gasteiger charge is 2.26. The molecule has 0 aliphatic carbocycles. The lowest BCUT2D eigenvalue weighted by Gasteiger charge is -2.24. The van der Waals surface area contributed by atoms with E-state index >= 15 is 0 Å². The number of carbonyl (C=O) groups excluding carboxylic acids is 2. The summed E-state index contributed by atoms with van der Waals surface area (Å²) in [5.41, 5.74) is 2.26. The van der Waals surface area contributed by atoms with Crippen LogP contribution in [-0.2, 0) is 4.79 Å². The molecule has 144 valence electrons. The van der Waals surface area contributed by atoms with Crippen LogP contribution in [0.15, 0.2) is 42.5 Å². The number of rotatable bonds is 6. The van der Waals surface area contributed by atoms with E-state index in [1.807, 2.05) is 45.9 Å². The smallest absolute Gasteiger partial charge is 0.252 e. The highest BCUT2D eigenvalue weighted by Crippen LogP contribution is 2.25. The lowest BCUT2D eigenvalue weighted by atomic mass is 10.0. The molecule has 0 fully saturated rings. The first-order valence-corrected chi connectivity index (χ1v) is 9.58. The summed E-state index contributed by atoms with van der Waals surface area (Å²) in [4.78, 5) is 25.4. The van der Waals surface area contributed by atoms with Crippen molar-refractivity contribution in [3.63, 3.8) is 0 Å². The molecule has 2 aromatic carbocycles. The van der Waals surface area contributed by atoms with E-state index in [0.29, 0.717) is 15.6 Å². The second kappa shape index (κ2) is 9.25. The Bertz CT molecular complexity index is 837. The Morgan fingerprint density at radius 2 is 1.59 bits per heavy atom. The first-order valence-electron chi connectivity index (χ1n) is 8.82. The summed E-state index contributed by atoms with van der Waals surface area (Å²) in [6.07, 6.45) is 0. The minimum absolute atomic E-state index is 0.0704. The van der Waals surface area contributed by atoms with E-state index in [0.717, 1.165) is 11.1 Å². The Balaban J connectivity index is 2.11. The van der Waals surface area contributed by atoms with Gasteiger partial charge >= 0.3 is 0 Å². The fourth-order valence-electron chi connectivity index (χ4n) is 2.75. The zero-order chi connectivity index (χ0) is 20.1. The minimum atomic E-state index is -0.651. The lowest BCUT2D eigenvalue weighted by molar-refractivity contribution is -0.124.